The molecule has 0 aliphatic heterocycles. The van der Waals surface area contributed by atoms with Crippen molar-refractivity contribution < 1.29 is 14.8 Å². The molecule has 0 radical (unpaired) electrons. The summed E-state index contributed by atoms with van der Waals surface area (Å²) >= 11 is 0. The number of oxime groups is 1. The van der Waals surface area contributed by atoms with Crippen LogP contribution in [0.25, 0.3) is 0 Å². The summed E-state index contributed by atoms with van der Waals surface area (Å²) in [6, 6.07) is 0. The van der Waals surface area contributed by atoms with E-state index in [2.05, 4.69) is 5.16 Å². The number of carbonyl (C=O) groups is 2. The number of hydrogen-bond donors (Lipinski definition) is 2. The first-order valence-corrected chi connectivity index (χ1v) is 4.29. The Labute approximate surface area is 88.1 Å². The largest absolute Gasteiger partial charge is 0.409 e. The van der Waals surface area contributed by atoms with Crippen LogP contribution >= 0.6 is 0 Å². The lowest BCUT2D eigenvalue weighted by atomic mass is 10.3. The van der Waals surface area contributed by atoms with Gasteiger partial charge in [-0.25, -0.2) is 0 Å². The van der Waals surface area contributed by atoms with E-state index in [0.29, 0.717) is 0 Å². The molecule has 3 N–H and O–H groups in total. The molecule has 0 spiro atoms. The first kappa shape index (κ1) is 13.2. The van der Waals surface area contributed by atoms with Crippen molar-refractivity contribution in [3.8, 4) is 0 Å². The van der Waals surface area contributed by atoms with Gasteiger partial charge in [0.2, 0.25) is 11.8 Å². The van der Waals surface area contributed by atoms with Crippen LogP contribution in [0.15, 0.2) is 5.16 Å². The van der Waals surface area contributed by atoms with Gasteiger partial charge >= 0.3 is 0 Å². The lowest BCUT2D eigenvalue weighted by molar-refractivity contribution is -0.137. The Morgan fingerprint density at radius 2 is 1.80 bits per heavy atom. The van der Waals surface area contributed by atoms with Crippen LogP contribution < -0.4 is 5.73 Å². The number of amides is 2. The summed E-state index contributed by atoms with van der Waals surface area (Å²) in [5.41, 5.74) is 5.16. The van der Waals surface area contributed by atoms with Gasteiger partial charge in [-0.2, -0.15) is 0 Å². The SMILES string of the molecule is CN(C)C(=O)CN(C)C(=O)C/C(N)=N/O. The Morgan fingerprint density at radius 1 is 1.27 bits per heavy atom. The fraction of sp³-hybridized carbons (Fsp3) is 0.625. The number of carbonyl (C=O) groups excluding carboxylic acids is 2. The van der Waals surface area contributed by atoms with Gasteiger partial charge in [-0.3, -0.25) is 9.59 Å². The molecule has 0 aliphatic carbocycles. The summed E-state index contributed by atoms with van der Waals surface area (Å²) in [4.78, 5) is 25.2. The van der Waals surface area contributed by atoms with E-state index >= 15 is 0 Å². The van der Waals surface area contributed by atoms with Crippen molar-refractivity contribution in [3.63, 3.8) is 0 Å². The summed E-state index contributed by atoms with van der Waals surface area (Å²) in [5, 5.41) is 10.9. The summed E-state index contributed by atoms with van der Waals surface area (Å²) in [6.45, 7) is -0.0233. The highest BCUT2D eigenvalue weighted by molar-refractivity contribution is 5.99. The number of amidine groups is 1. The van der Waals surface area contributed by atoms with Crippen molar-refractivity contribution in [1.29, 1.82) is 0 Å². The van der Waals surface area contributed by atoms with Gasteiger partial charge in [0.1, 0.15) is 5.84 Å². The van der Waals surface area contributed by atoms with E-state index in [0.717, 1.165) is 0 Å². The zero-order valence-electron chi connectivity index (χ0n) is 9.10. The summed E-state index contributed by atoms with van der Waals surface area (Å²) in [6.07, 6.45) is -0.201. The number of nitrogens with zero attached hydrogens (tertiary/aromatic N) is 3. The summed E-state index contributed by atoms with van der Waals surface area (Å²) < 4.78 is 0. The van der Waals surface area contributed by atoms with Crippen LogP contribution in [0.1, 0.15) is 6.42 Å². The van der Waals surface area contributed by atoms with Crippen LogP contribution in [0.5, 0.6) is 0 Å². The quantitative estimate of drug-likeness (QED) is 0.263. The second-order valence-corrected chi connectivity index (χ2v) is 3.31. The summed E-state index contributed by atoms with van der Waals surface area (Å²) in [7, 11) is 4.68. The van der Waals surface area contributed by atoms with Gasteiger partial charge < -0.3 is 20.7 Å². The Morgan fingerprint density at radius 3 is 2.20 bits per heavy atom. The lowest BCUT2D eigenvalue weighted by Crippen LogP contribution is -2.39. The Kier molecular flexibility index (Phi) is 5.14. The van der Waals surface area contributed by atoms with Crippen molar-refractivity contribution in [2.45, 2.75) is 6.42 Å². The van der Waals surface area contributed by atoms with Crippen LogP contribution in [0.2, 0.25) is 0 Å². The normalized spacial score (nSPS) is 11.0. The minimum atomic E-state index is -0.375. The maximum absolute atomic E-state index is 11.4. The molecule has 7 nitrogen and oxygen atoms in total. The molecule has 0 rings (SSSR count). The van der Waals surface area contributed by atoms with Crippen molar-refractivity contribution in [2.24, 2.45) is 10.9 Å². The Hall–Kier alpha value is -1.79. The molecule has 0 aliphatic rings. The molecule has 2 amide bonds. The smallest absolute Gasteiger partial charge is 0.241 e. The third-order valence-corrected chi connectivity index (χ3v) is 1.76. The molecular formula is C8H16N4O3. The average Bonchev–Trinajstić information content (AvgIpc) is 2.16. The fourth-order valence-electron chi connectivity index (χ4n) is 0.758. The molecule has 15 heavy (non-hydrogen) atoms. The van der Waals surface area contributed by atoms with Gasteiger partial charge in [0.05, 0.1) is 13.0 Å². The van der Waals surface area contributed by atoms with Gasteiger partial charge in [0, 0.05) is 21.1 Å². The third kappa shape index (κ3) is 4.84. The van der Waals surface area contributed by atoms with Crippen LogP contribution in [0.3, 0.4) is 0 Å². The highest BCUT2D eigenvalue weighted by atomic mass is 16.4. The molecule has 0 aromatic heterocycles. The number of rotatable bonds is 4. The van der Waals surface area contributed by atoms with Crippen LogP contribution in [-0.2, 0) is 9.59 Å². The molecule has 7 heteroatoms. The molecule has 0 heterocycles. The first-order chi connectivity index (χ1) is 6.88. The van der Waals surface area contributed by atoms with Crippen LogP contribution in [-0.4, -0.2) is 60.3 Å². The van der Waals surface area contributed by atoms with Gasteiger partial charge in [0.15, 0.2) is 0 Å². The zero-order chi connectivity index (χ0) is 12.0. The Balaban J connectivity index is 4.16. The lowest BCUT2D eigenvalue weighted by Gasteiger charge is -2.18. The van der Waals surface area contributed by atoms with Crippen molar-refractivity contribution >= 4 is 17.6 Å². The highest BCUT2D eigenvalue weighted by Gasteiger charge is 2.15. The van der Waals surface area contributed by atoms with Crippen LogP contribution in [0.4, 0.5) is 0 Å². The first-order valence-electron chi connectivity index (χ1n) is 4.29. The monoisotopic (exact) mass is 216 g/mol. The van der Waals surface area contributed by atoms with Gasteiger partial charge in [-0.15, -0.1) is 0 Å². The molecule has 0 fully saturated rings. The zero-order valence-corrected chi connectivity index (χ0v) is 9.10. The van der Waals surface area contributed by atoms with Crippen molar-refractivity contribution in [2.75, 3.05) is 27.7 Å². The number of likely N-dealkylation sites (N-methyl/N-ethyl adjacent to an activating group) is 2. The standard InChI is InChI=1S/C8H16N4O3/c1-11(2)8(14)5-12(3)7(13)4-6(9)10-15/h15H,4-5H2,1-3H3,(H2,9,10). The average molecular weight is 216 g/mol. The van der Waals surface area contributed by atoms with E-state index in [4.69, 9.17) is 10.9 Å². The summed E-state index contributed by atoms with van der Waals surface area (Å²) in [5.74, 6) is -0.741. The molecule has 0 aromatic carbocycles. The number of nitrogens with two attached hydrogens (primary N) is 1. The van der Waals surface area contributed by atoms with Gasteiger partial charge in [-0.1, -0.05) is 5.16 Å². The second-order valence-electron chi connectivity index (χ2n) is 3.31. The predicted molar refractivity (Wildman–Crippen MR) is 54.4 cm³/mol. The molecule has 0 saturated heterocycles. The predicted octanol–water partition coefficient (Wildman–Crippen LogP) is -1.33. The fourth-order valence-corrected chi connectivity index (χ4v) is 0.758. The molecular weight excluding hydrogens is 200 g/mol. The molecule has 0 bridgehead atoms. The Bertz CT molecular complexity index is 275. The highest BCUT2D eigenvalue weighted by Crippen LogP contribution is 1.92. The van der Waals surface area contributed by atoms with E-state index in [1.165, 1.54) is 16.8 Å². The van der Waals surface area contributed by atoms with Crippen LogP contribution in [0, 0.1) is 0 Å². The van der Waals surface area contributed by atoms with Crippen molar-refractivity contribution in [1.82, 2.24) is 9.80 Å². The topological polar surface area (TPSA) is 99.2 Å². The van der Waals surface area contributed by atoms with E-state index < -0.39 is 0 Å². The van der Waals surface area contributed by atoms with Gasteiger partial charge in [0.25, 0.3) is 0 Å². The molecule has 0 unspecified atom stereocenters. The van der Waals surface area contributed by atoms with Crippen molar-refractivity contribution in [3.05, 3.63) is 0 Å². The maximum Gasteiger partial charge on any atom is 0.241 e. The molecule has 0 atom stereocenters. The van der Waals surface area contributed by atoms with E-state index in [-0.39, 0.29) is 30.6 Å². The minimum absolute atomic E-state index is 0.0233. The number of hydrogen-bond acceptors (Lipinski definition) is 4. The molecule has 0 saturated carbocycles. The minimum Gasteiger partial charge on any atom is -0.409 e. The molecule has 0 aromatic rings. The maximum atomic E-state index is 11.4. The molecule has 86 valence electrons. The van der Waals surface area contributed by atoms with Gasteiger partial charge in [-0.05, 0) is 0 Å². The second kappa shape index (κ2) is 5.84. The third-order valence-electron chi connectivity index (χ3n) is 1.76. The van der Waals surface area contributed by atoms with E-state index in [1.54, 1.807) is 14.1 Å². The van der Waals surface area contributed by atoms with E-state index in [9.17, 15) is 9.59 Å². The van der Waals surface area contributed by atoms with E-state index in [1.807, 2.05) is 0 Å².